The average Bonchev–Trinajstić information content (AvgIpc) is 2.94. The number of nitrogens with one attached hydrogen (secondary N) is 1. The second-order valence-electron chi connectivity index (χ2n) is 5.11. The summed E-state index contributed by atoms with van der Waals surface area (Å²) in [5, 5.41) is 9.52. The molecule has 1 aromatic rings. The standard InChI is InChI=1S/C13H20N2O5S/c1-4-20-13(17)11-8(2)12(9(3)14-11)21(18,19)15-6-5-10(16)7-15/h10,14,16H,4-7H2,1-3H3. The zero-order valence-corrected chi connectivity index (χ0v) is 13.2. The number of carbonyl (C=O) groups is 1. The van der Waals surface area contributed by atoms with Crippen LogP contribution in [0.5, 0.6) is 0 Å². The average molecular weight is 316 g/mol. The predicted molar refractivity (Wildman–Crippen MR) is 75.6 cm³/mol. The van der Waals surface area contributed by atoms with E-state index in [1.807, 2.05) is 0 Å². The van der Waals surface area contributed by atoms with E-state index in [-0.39, 0.29) is 30.3 Å². The van der Waals surface area contributed by atoms with Gasteiger partial charge in [-0.1, -0.05) is 0 Å². The van der Waals surface area contributed by atoms with E-state index in [9.17, 15) is 18.3 Å². The molecule has 0 aliphatic carbocycles. The van der Waals surface area contributed by atoms with Gasteiger partial charge in [-0.15, -0.1) is 0 Å². The van der Waals surface area contributed by atoms with Crippen LogP contribution in [0.25, 0.3) is 0 Å². The Balaban J connectivity index is 2.42. The van der Waals surface area contributed by atoms with E-state index in [4.69, 9.17) is 4.74 Å². The van der Waals surface area contributed by atoms with Crippen molar-refractivity contribution in [3.63, 3.8) is 0 Å². The van der Waals surface area contributed by atoms with Gasteiger partial charge in [0.25, 0.3) is 0 Å². The molecule has 1 atom stereocenters. The smallest absolute Gasteiger partial charge is 0.355 e. The number of nitrogens with zero attached hydrogens (tertiary/aromatic N) is 1. The molecule has 21 heavy (non-hydrogen) atoms. The van der Waals surface area contributed by atoms with Crippen molar-refractivity contribution in [2.45, 2.75) is 38.2 Å². The molecule has 118 valence electrons. The number of sulfonamides is 1. The Morgan fingerprint density at radius 3 is 2.67 bits per heavy atom. The summed E-state index contributed by atoms with van der Waals surface area (Å²) in [6, 6.07) is 0. The summed E-state index contributed by atoms with van der Waals surface area (Å²) in [4.78, 5) is 14.7. The number of hydrogen-bond acceptors (Lipinski definition) is 5. The SMILES string of the molecule is CCOC(=O)c1[nH]c(C)c(S(=O)(=O)N2CCC(O)C2)c1C. The number of ether oxygens (including phenoxy) is 1. The molecular formula is C13H20N2O5S. The van der Waals surface area contributed by atoms with Crippen LogP contribution in [-0.4, -0.2) is 54.6 Å². The number of aryl methyl sites for hydroxylation is 1. The van der Waals surface area contributed by atoms with Gasteiger partial charge in [-0.3, -0.25) is 0 Å². The zero-order valence-electron chi connectivity index (χ0n) is 12.3. The molecule has 0 spiro atoms. The van der Waals surface area contributed by atoms with E-state index < -0.39 is 22.1 Å². The van der Waals surface area contributed by atoms with Gasteiger partial charge in [-0.25, -0.2) is 13.2 Å². The summed E-state index contributed by atoms with van der Waals surface area (Å²) in [5.41, 5.74) is 0.914. The molecule has 0 aromatic carbocycles. The number of carbonyl (C=O) groups excluding carboxylic acids is 1. The minimum atomic E-state index is -3.73. The normalized spacial score (nSPS) is 19.9. The Kier molecular flexibility index (Phi) is 4.40. The summed E-state index contributed by atoms with van der Waals surface area (Å²) < 4.78 is 31.5. The zero-order chi connectivity index (χ0) is 15.8. The number of rotatable bonds is 4. The van der Waals surface area contributed by atoms with Crippen molar-refractivity contribution in [2.75, 3.05) is 19.7 Å². The highest BCUT2D eigenvalue weighted by molar-refractivity contribution is 7.89. The quantitative estimate of drug-likeness (QED) is 0.791. The fourth-order valence-corrected chi connectivity index (χ4v) is 4.48. The van der Waals surface area contributed by atoms with Crippen molar-refractivity contribution in [3.05, 3.63) is 17.0 Å². The van der Waals surface area contributed by atoms with Crippen molar-refractivity contribution in [1.82, 2.24) is 9.29 Å². The minimum absolute atomic E-state index is 0.0845. The van der Waals surface area contributed by atoms with Crippen LogP contribution < -0.4 is 0 Å². The Hall–Kier alpha value is -1.38. The van der Waals surface area contributed by atoms with Gasteiger partial charge in [0.15, 0.2) is 0 Å². The van der Waals surface area contributed by atoms with E-state index in [0.717, 1.165) is 0 Å². The van der Waals surface area contributed by atoms with Crippen molar-refractivity contribution in [1.29, 1.82) is 0 Å². The maximum atomic E-state index is 12.7. The van der Waals surface area contributed by atoms with Crippen LogP contribution in [0.1, 0.15) is 35.1 Å². The van der Waals surface area contributed by atoms with Crippen LogP contribution in [0.3, 0.4) is 0 Å². The number of H-pyrrole nitrogens is 1. The summed E-state index contributed by atoms with van der Waals surface area (Å²) in [6.45, 7) is 5.46. The fraction of sp³-hybridized carbons (Fsp3) is 0.615. The molecule has 2 rings (SSSR count). The van der Waals surface area contributed by atoms with Gasteiger partial charge in [0.2, 0.25) is 10.0 Å². The summed E-state index contributed by atoms with van der Waals surface area (Å²) in [5.74, 6) is -0.569. The van der Waals surface area contributed by atoms with Gasteiger partial charge < -0.3 is 14.8 Å². The molecule has 1 aromatic heterocycles. The number of aliphatic hydroxyl groups is 1. The molecule has 7 nitrogen and oxygen atoms in total. The highest BCUT2D eigenvalue weighted by Gasteiger charge is 2.35. The van der Waals surface area contributed by atoms with Crippen LogP contribution in [0.15, 0.2) is 4.90 Å². The number of esters is 1. The summed E-state index contributed by atoms with van der Waals surface area (Å²) in [6.07, 6.45) is -0.212. The van der Waals surface area contributed by atoms with Gasteiger partial charge in [-0.2, -0.15) is 4.31 Å². The Bertz CT molecular complexity index is 650. The predicted octanol–water partition coefficient (Wildman–Crippen LogP) is 0.564. The van der Waals surface area contributed by atoms with Gasteiger partial charge >= 0.3 is 5.97 Å². The lowest BCUT2D eigenvalue weighted by atomic mass is 10.2. The van der Waals surface area contributed by atoms with Crippen LogP contribution in [0, 0.1) is 13.8 Å². The molecule has 2 N–H and O–H groups in total. The second kappa shape index (κ2) is 5.78. The highest BCUT2D eigenvalue weighted by Crippen LogP contribution is 2.28. The number of aliphatic hydroxyl groups excluding tert-OH is 1. The summed E-state index contributed by atoms with van der Waals surface area (Å²) >= 11 is 0. The molecule has 8 heteroatoms. The molecule has 0 saturated carbocycles. The van der Waals surface area contributed by atoms with Crippen molar-refractivity contribution in [2.24, 2.45) is 0 Å². The third-order valence-corrected chi connectivity index (χ3v) is 5.71. The van der Waals surface area contributed by atoms with Crippen molar-refractivity contribution < 1.29 is 23.1 Å². The van der Waals surface area contributed by atoms with E-state index in [2.05, 4.69) is 4.98 Å². The highest BCUT2D eigenvalue weighted by atomic mass is 32.2. The Morgan fingerprint density at radius 2 is 2.14 bits per heavy atom. The lowest BCUT2D eigenvalue weighted by molar-refractivity contribution is 0.0519. The summed E-state index contributed by atoms with van der Waals surface area (Å²) in [7, 11) is -3.73. The molecule has 0 amide bonds. The third-order valence-electron chi connectivity index (χ3n) is 3.57. The lowest BCUT2D eigenvalue weighted by Gasteiger charge is -2.16. The number of aromatic nitrogens is 1. The van der Waals surface area contributed by atoms with E-state index in [1.54, 1.807) is 20.8 Å². The molecule has 2 heterocycles. The maximum absolute atomic E-state index is 12.7. The third kappa shape index (κ3) is 2.83. The molecule has 1 fully saturated rings. The number of aromatic amines is 1. The molecule has 0 radical (unpaired) electrons. The van der Waals surface area contributed by atoms with E-state index >= 15 is 0 Å². The first-order valence-electron chi connectivity index (χ1n) is 6.83. The van der Waals surface area contributed by atoms with Crippen molar-refractivity contribution >= 4 is 16.0 Å². The van der Waals surface area contributed by atoms with Gasteiger partial charge in [0.1, 0.15) is 10.6 Å². The van der Waals surface area contributed by atoms with Crippen LogP contribution in [-0.2, 0) is 14.8 Å². The van der Waals surface area contributed by atoms with Gasteiger partial charge in [-0.05, 0) is 27.2 Å². The van der Waals surface area contributed by atoms with E-state index in [1.165, 1.54) is 4.31 Å². The fourth-order valence-electron chi connectivity index (χ4n) is 2.59. The Labute approximate surface area is 124 Å². The monoisotopic (exact) mass is 316 g/mol. The first-order valence-corrected chi connectivity index (χ1v) is 8.27. The van der Waals surface area contributed by atoms with Crippen LogP contribution in [0.2, 0.25) is 0 Å². The Morgan fingerprint density at radius 1 is 1.48 bits per heavy atom. The largest absolute Gasteiger partial charge is 0.461 e. The van der Waals surface area contributed by atoms with Crippen LogP contribution >= 0.6 is 0 Å². The maximum Gasteiger partial charge on any atom is 0.355 e. The molecule has 1 aliphatic rings. The number of β-amino-alcohol motifs (C(OH)–C–C–N with tert-alkyl or cyclic N) is 1. The number of hydrogen-bond donors (Lipinski definition) is 2. The topological polar surface area (TPSA) is 99.7 Å². The molecule has 1 unspecified atom stereocenters. The van der Waals surface area contributed by atoms with Gasteiger partial charge in [0.05, 0.1) is 12.7 Å². The molecule has 1 saturated heterocycles. The van der Waals surface area contributed by atoms with Gasteiger partial charge in [0, 0.05) is 24.3 Å². The van der Waals surface area contributed by atoms with E-state index in [0.29, 0.717) is 17.7 Å². The lowest BCUT2D eigenvalue weighted by Crippen LogP contribution is -2.30. The molecular weight excluding hydrogens is 296 g/mol. The molecule has 1 aliphatic heterocycles. The molecule has 0 bridgehead atoms. The van der Waals surface area contributed by atoms with Crippen molar-refractivity contribution in [3.8, 4) is 0 Å². The van der Waals surface area contributed by atoms with Crippen LogP contribution in [0.4, 0.5) is 0 Å². The first kappa shape index (κ1) is 16.0. The minimum Gasteiger partial charge on any atom is -0.461 e. The first-order chi connectivity index (χ1) is 9.78. The second-order valence-corrected chi connectivity index (χ2v) is 6.98.